The van der Waals surface area contributed by atoms with Crippen molar-refractivity contribution in [1.82, 2.24) is 9.78 Å². The Labute approximate surface area is 210 Å². The van der Waals surface area contributed by atoms with Crippen LogP contribution < -0.4 is 14.2 Å². The van der Waals surface area contributed by atoms with Gasteiger partial charge in [0, 0.05) is 5.56 Å². The van der Waals surface area contributed by atoms with Crippen molar-refractivity contribution >= 4 is 11.6 Å². The van der Waals surface area contributed by atoms with Gasteiger partial charge in [-0.3, -0.25) is 0 Å². The molecule has 0 atom stereocenters. The van der Waals surface area contributed by atoms with Crippen LogP contribution in [0.1, 0.15) is 18.1 Å². The third-order valence-corrected chi connectivity index (χ3v) is 5.84. The molecule has 4 aromatic rings. The molecule has 0 radical (unpaired) electrons. The second-order valence-electron chi connectivity index (χ2n) is 8.22. The van der Waals surface area contributed by atoms with E-state index >= 15 is 4.39 Å². The third-order valence-electron chi connectivity index (χ3n) is 5.54. The number of rotatable bonds is 9. The molecular formula is C28H28ClFN2O3. The fraction of sp³-hybridized carbons (Fsp3) is 0.250. The fourth-order valence-electron chi connectivity index (χ4n) is 3.97. The Morgan fingerprint density at radius 3 is 2.20 bits per heavy atom. The molecule has 4 rings (SSSR count). The summed E-state index contributed by atoms with van der Waals surface area (Å²) in [7, 11) is 1.64. The van der Waals surface area contributed by atoms with Crippen LogP contribution in [0.25, 0.3) is 22.4 Å². The minimum absolute atomic E-state index is 0.103. The molecule has 0 aliphatic heterocycles. The van der Waals surface area contributed by atoms with Crippen molar-refractivity contribution in [3.63, 3.8) is 0 Å². The Kier molecular flexibility index (Phi) is 7.61. The van der Waals surface area contributed by atoms with Gasteiger partial charge in [-0.15, -0.1) is 0 Å². The molecule has 0 saturated heterocycles. The number of benzene rings is 3. The molecule has 0 aliphatic carbocycles. The molecule has 0 N–H and O–H groups in total. The van der Waals surface area contributed by atoms with Crippen molar-refractivity contribution < 1.29 is 18.6 Å². The molecule has 0 bridgehead atoms. The van der Waals surface area contributed by atoms with E-state index in [9.17, 15) is 0 Å². The van der Waals surface area contributed by atoms with Crippen LogP contribution >= 0.6 is 11.6 Å². The van der Waals surface area contributed by atoms with Gasteiger partial charge >= 0.3 is 0 Å². The Hall–Kier alpha value is -3.51. The fourth-order valence-corrected chi connectivity index (χ4v) is 4.20. The van der Waals surface area contributed by atoms with E-state index in [0.29, 0.717) is 23.9 Å². The van der Waals surface area contributed by atoms with Crippen LogP contribution in [0.2, 0.25) is 5.02 Å². The number of hydrogen-bond acceptors (Lipinski definition) is 4. The van der Waals surface area contributed by atoms with Crippen LogP contribution in [-0.2, 0) is 6.54 Å². The molecule has 0 unspecified atom stereocenters. The minimum atomic E-state index is -0.473. The largest absolute Gasteiger partial charge is 0.497 e. The molecule has 35 heavy (non-hydrogen) atoms. The van der Waals surface area contributed by atoms with E-state index in [1.165, 1.54) is 4.68 Å². The molecule has 3 aromatic carbocycles. The third kappa shape index (κ3) is 5.60. The van der Waals surface area contributed by atoms with Crippen molar-refractivity contribution in [3.05, 3.63) is 82.6 Å². The summed E-state index contributed by atoms with van der Waals surface area (Å²) in [5.41, 5.74) is 5.06. The van der Waals surface area contributed by atoms with Gasteiger partial charge in [-0.05, 0) is 68.3 Å². The van der Waals surface area contributed by atoms with Crippen LogP contribution in [0, 0.1) is 19.7 Å². The lowest BCUT2D eigenvalue weighted by molar-refractivity contribution is 0.253. The first-order valence-corrected chi connectivity index (χ1v) is 11.8. The zero-order valence-electron chi connectivity index (χ0n) is 20.3. The molecule has 1 heterocycles. The second kappa shape index (κ2) is 10.8. The predicted molar refractivity (Wildman–Crippen MR) is 137 cm³/mol. The number of halogens is 2. The highest BCUT2D eigenvalue weighted by Gasteiger charge is 2.21. The molecular weight excluding hydrogens is 467 g/mol. The van der Waals surface area contributed by atoms with Crippen molar-refractivity contribution in [3.8, 4) is 39.8 Å². The molecule has 0 amide bonds. The average Bonchev–Trinajstić information content (AvgIpc) is 3.15. The number of nitrogens with zero attached hydrogens (tertiary/aromatic N) is 2. The van der Waals surface area contributed by atoms with Crippen LogP contribution in [0.15, 0.2) is 60.7 Å². The molecule has 0 saturated carbocycles. The highest BCUT2D eigenvalue weighted by atomic mass is 35.5. The van der Waals surface area contributed by atoms with E-state index in [1.807, 2.05) is 81.4 Å². The van der Waals surface area contributed by atoms with Crippen LogP contribution in [0.3, 0.4) is 0 Å². The zero-order valence-corrected chi connectivity index (χ0v) is 21.0. The molecule has 0 fully saturated rings. The van der Waals surface area contributed by atoms with Crippen molar-refractivity contribution in [2.75, 3.05) is 20.3 Å². The first kappa shape index (κ1) is 24.6. The van der Waals surface area contributed by atoms with E-state index in [0.717, 1.165) is 33.6 Å². The van der Waals surface area contributed by atoms with E-state index in [-0.39, 0.29) is 18.2 Å². The molecule has 182 valence electrons. The van der Waals surface area contributed by atoms with Gasteiger partial charge < -0.3 is 14.2 Å². The lowest BCUT2D eigenvalue weighted by Gasteiger charge is -2.11. The Balaban J connectivity index is 1.49. The smallest absolute Gasteiger partial charge is 0.249 e. The summed E-state index contributed by atoms with van der Waals surface area (Å²) in [5, 5.41) is 4.99. The summed E-state index contributed by atoms with van der Waals surface area (Å²) in [6, 6.07) is 19.3. The molecule has 5 nitrogen and oxygen atoms in total. The summed E-state index contributed by atoms with van der Waals surface area (Å²) in [6.45, 7) is 6.64. The lowest BCUT2D eigenvalue weighted by atomic mass is 10.1. The van der Waals surface area contributed by atoms with Gasteiger partial charge in [-0.2, -0.15) is 9.49 Å². The van der Waals surface area contributed by atoms with Gasteiger partial charge in [0.1, 0.15) is 23.8 Å². The maximum atomic E-state index is 15.2. The SMILES string of the molecule is CCOc1c(F)c(-c2cc(C)cc(C)c2)nn1CCOc1ccc(-c2ccc(OC)cc2)cc1Cl. The van der Waals surface area contributed by atoms with Crippen LogP contribution in [0.5, 0.6) is 17.4 Å². The van der Waals surface area contributed by atoms with Gasteiger partial charge in [0.15, 0.2) is 0 Å². The quantitative estimate of drug-likeness (QED) is 0.248. The van der Waals surface area contributed by atoms with Gasteiger partial charge in [-0.1, -0.05) is 47.0 Å². The van der Waals surface area contributed by atoms with Crippen molar-refractivity contribution in [2.45, 2.75) is 27.3 Å². The number of hydrogen-bond donors (Lipinski definition) is 0. The molecule has 7 heteroatoms. The average molecular weight is 495 g/mol. The Bertz CT molecular complexity index is 1300. The van der Waals surface area contributed by atoms with Gasteiger partial charge in [0.25, 0.3) is 0 Å². The van der Waals surface area contributed by atoms with E-state index < -0.39 is 5.82 Å². The summed E-state index contributed by atoms with van der Waals surface area (Å²) in [5.74, 6) is 0.968. The number of aromatic nitrogens is 2. The van der Waals surface area contributed by atoms with Gasteiger partial charge in [0.2, 0.25) is 11.7 Å². The van der Waals surface area contributed by atoms with Crippen LogP contribution in [-0.4, -0.2) is 30.1 Å². The zero-order chi connectivity index (χ0) is 24.9. The predicted octanol–water partition coefficient (Wildman–Crippen LogP) is 7.11. The lowest BCUT2D eigenvalue weighted by Crippen LogP contribution is -2.12. The van der Waals surface area contributed by atoms with Gasteiger partial charge in [0.05, 0.1) is 25.3 Å². The van der Waals surface area contributed by atoms with Gasteiger partial charge in [-0.25, -0.2) is 4.68 Å². The monoisotopic (exact) mass is 494 g/mol. The molecule has 0 spiro atoms. The van der Waals surface area contributed by atoms with Crippen LogP contribution in [0.4, 0.5) is 4.39 Å². The normalized spacial score (nSPS) is 10.9. The maximum Gasteiger partial charge on any atom is 0.249 e. The second-order valence-corrected chi connectivity index (χ2v) is 8.63. The first-order chi connectivity index (χ1) is 16.9. The topological polar surface area (TPSA) is 45.5 Å². The van der Waals surface area contributed by atoms with E-state index in [2.05, 4.69) is 5.10 Å². The summed E-state index contributed by atoms with van der Waals surface area (Å²) in [4.78, 5) is 0. The minimum Gasteiger partial charge on any atom is -0.497 e. The summed E-state index contributed by atoms with van der Waals surface area (Å²) < 4.78 is 33.4. The summed E-state index contributed by atoms with van der Waals surface area (Å²) in [6.07, 6.45) is 0. The van der Waals surface area contributed by atoms with Crippen molar-refractivity contribution in [2.24, 2.45) is 0 Å². The highest BCUT2D eigenvalue weighted by molar-refractivity contribution is 6.32. The Morgan fingerprint density at radius 1 is 0.886 bits per heavy atom. The summed E-state index contributed by atoms with van der Waals surface area (Å²) >= 11 is 6.48. The number of ether oxygens (including phenoxy) is 3. The first-order valence-electron chi connectivity index (χ1n) is 11.4. The van der Waals surface area contributed by atoms with Crippen molar-refractivity contribution in [1.29, 1.82) is 0 Å². The molecule has 1 aromatic heterocycles. The van der Waals surface area contributed by atoms with E-state index in [4.69, 9.17) is 25.8 Å². The number of aryl methyl sites for hydroxylation is 2. The molecule has 0 aliphatic rings. The number of methoxy groups -OCH3 is 1. The highest BCUT2D eigenvalue weighted by Crippen LogP contribution is 2.32. The Morgan fingerprint density at radius 2 is 1.57 bits per heavy atom. The standard InChI is InChI=1S/C28H28ClFN2O3/c1-5-34-28-26(30)27(22-15-18(2)14-19(3)16-22)31-32(28)12-13-35-25-11-8-21(17-24(25)29)20-6-9-23(33-4)10-7-20/h6-11,14-17H,5,12-13H2,1-4H3. The van der Waals surface area contributed by atoms with E-state index in [1.54, 1.807) is 7.11 Å². The maximum absolute atomic E-state index is 15.2.